The van der Waals surface area contributed by atoms with Crippen LogP contribution in [-0.2, 0) is 12.7 Å². The monoisotopic (exact) mass is 298 g/mol. The molecule has 0 bridgehead atoms. The number of alkyl halides is 3. The first-order valence-electron chi connectivity index (χ1n) is 6.39. The van der Waals surface area contributed by atoms with Crippen LogP contribution in [0.5, 0.6) is 0 Å². The lowest BCUT2D eigenvalue weighted by atomic mass is 10.1. The highest BCUT2D eigenvalue weighted by Crippen LogP contribution is 2.32. The second kappa shape index (κ2) is 5.18. The van der Waals surface area contributed by atoms with Gasteiger partial charge in [0.25, 0.3) is 0 Å². The molecule has 3 rings (SSSR count). The molecule has 1 aliphatic carbocycles. The standard InChI is InChI=1S/C14H13F3N2S/c15-14(16,17)10-3-1-2-9(6-10)13-7-12(20-19-13)8-18-11-4-5-11/h1-3,6-7,11,18H,4-5,8H2. The molecule has 0 radical (unpaired) electrons. The summed E-state index contributed by atoms with van der Waals surface area (Å²) in [6.45, 7) is 0.737. The van der Waals surface area contributed by atoms with Crippen LogP contribution in [0.25, 0.3) is 11.3 Å². The van der Waals surface area contributed by atoms with Crippen molar-refractivity contribution in [2.45, 2.75) is 31.6 Å². The molecule has 1 heterocycles. The minimum absolute atomic E-state index is 0.508. The second-order valence-corrected chi connectivity index (χ2v) is 5.80. The third kappa shape index (κ3) is 3.19. The van der Waals surface area contributed by atoms with Gasteiger partial charge in [-0.05, 0) is 42.6 Å². The molecule has 0 unspecified atom stereocenters. The van der Waals surface area contributed by atoms with Gasteiger partial charge >= 0.3 is 6.18 Å². The van der Waals surface area contributed by atoms with Gasteiger partial charge < -0.3 is 5.32 Å². The molecule has 106 valence electrons. The highest BCUT2D eigenvalue weighted by molar-refractivity contribution is 7.06. The molecule has 0 aliphatic heterocycles. The minimum atomic E-state index is -4.32. The Balaban J connectivity index is 1.78. The summed E-state index contributed by atoms with van der Waals surface area (Å²) < 4.78 is 42.3. The summed E-state index contributed by atoms with van der Waals surface area (Å²) in [6.07, 6.45) is -1.90. The Morgan fingerprint density at radius 2 is 2.05 bits per heavy atom. The van der Waals surface area contributed by atoms with E-state index in [1.165, 1.54) is 30.4 Å². The minimum Gasteiger partial charge on any atom is -0.309 e. The molecule has 0 atom stereocenters. The molecule has 1 aromatic heterocycles. The molecule has 0 spiro atoms. The highest BCUT2D eigenvalue weighted by Gasteiger charge is 2.30. The van der Waals surface area contributed by atoms with Crippen molar-refractivity contribution in [1.29, 1.82) is 0 Å². The van der Waals surface area contributed by atoms with Crippen LogP contribution >= 0.6 is 11.5 Å². The molecule has 2 nitrogen and oxygen atoms in total. The van der Waals surface area contributed by atoms with Crippen LogP contribution < -0.4 is 5.32 Å². The van der Waals surface area contributed by atoms with Gasteiger partial charge in [-0.15, -0.1) is 0 Å². The Morgan fingerprint density at radius 1 is 1.25 bits per heavy atom. The van der Waals surface area contributed by atoms with Gasteiger partial charge in [0.2, 0.25) is 0 Å². The van der Waals surface area contributed by atoms with Crippen LogP contribution in [0.3, 0.4) is 0 Å². The average Bonchev–Trinajstić information content (AvgIpc) is 3.12. The van der Waals surface area contributed by atoms with E-state index in [0.29, 0.717) is 17.3 Å². The van der Waals surface area contributed by atoms with E-state index in [2.05, 4.69) is 9.69 Å². The summed E-state index contributed by atoms with van der Waals surface area (Å²) in [5.74, 6) is 0. The van der Waals surface area contributed by atoms with E-state index in [-0.39, 0.29) is 0 Å². The Morgan fingerprint density at radius 3 is 2.75 bits per heavy atom. The number of hydrogen-bond donors (Lipinski definition) is 1. The molecule has 1 fully saturated rings. The summed E-state index contributed by atoms with van der Waals surface area (Å²) in [7, 11) is 0. The smallest absolute Gasteiger partial charge is 0.309 e. The summed E-state index contributed by atoms with van der Waals surface area (Å²) in [6, 6.07) is 7.75. The Kier molecular flexibility index (Phi) is 3.52. The zero-order valence-electron chi connectivity index (χ0n) is 10.6. The molecule has 0 saturated heterocycles. The third-order valence-electron chi connectivity index (χ3n) is 3.19. The van der Waals surface area contributed by atoms with Crippen LogP contribution in [0, 0.1) is 0 Å². The lowest BCUT2D eigenvalue weighted by Gasteiger charge is -2.07. The summed E-state index contributed by atoms with van der Waals surface area (Å²) in [5, 5.41) is 3.36. The van der Waals surface area contributed by atoms with Gasteiger partial charge in [0, 0.05) is 23.0 Å². The van der Waals surface area contributed by atoms with E-state index in [1.807, 2.05) is 6.07 Å². The van der Waals surface area contributed by atoms with Crippen molar-refractivity contribution in [3.8, 4) is 11.3 Å². The van der Waals surface area contributed by atoms with Crippen molar-refractivity contribution in [2.24, 2.45) is 0 Å². The van der Waals surface area contributed by atoms with Gasteiger partial charge in [0.05, 0.1) is 11.3 Å². The van der Waals surface area contributed by atoms with Crippen molar-refractivity contribution in [2.75, 3.05) is 0 Å². The SMILES string of the molecule is FC(F)(F)c1cccc(-c2cc(CNC3CC3)sn2)c1. The maximum atomic E-state index is 12.7. The van der Waals surface area contributed by atoms with Crippen LogP contribution in [0.2, 0.25) is 0 Å². The van der Waals surface area contributed by atoms with Gasteiger partial charge in [-0.2, -0.15) is 17.5 Å². The second-order valence-electron chi connectivity index (χ2n) is 4.91. The first-order valence-corrected chi connectivity index (χ1v) is 7.16. The largest absolute Gasteiger partial charge is 0.416 e. The first-order chi connectivity index (χ1) is 9.52. The molecular formula is C14H13F3N2S. The predicted molar refractivity (Wildman–Crippen MR) is 72.4 cm³/mol. The Hall–Kier alpha value is -1.40. The average molecular weight is 298 g/mol. The zero-order valence-corrected chi connectivity index (χ0v) is 11.4. The van der Waals surface area contributed by atoms with Gasteiger partial charge in [0.15, 0.2) is 0 Å². The van der Waals surface area contributed by atoms with Crippen molar-refractivity contribution in [1.82, 2.24) is 9.69 Å². The molecule has 1 saturated carbocycles. The molecule has 20 heavy (non-hydrogen) atoms. The molecule has 2 aromatic rings. The maximum absolute atomic E-state index is 12.7. The van der Waals surface area contributed by atoms with E-state index < -0.39 is 11.7 Å². The number of benzene rings is 1. The summed E-state index contributed by atoms with van der Waals surface area (Å²) >= 11 is 1.33. The molecule has 6 heteroatoms. The van der Waals surface area contributed by atoms with Crippen molar-refractivity contribution >= 4 is 11.5 Å². The third-order valence-corrected chi connectivity index (χ3v) is 3.97. The Bertz CT molecular complexity index is 602. The van der Waals surface area contributed by atoms with E-state index in [1.54, 1.807) is 6.07 Å². The summed E-state index contributed by atoms with van der Waals surface area (Å²) in [5.41, 5.74) is 0.475. The Labute approximate surface area is 118 Å². The molecule has 1 aliphatic rings. The fourth-order valence-corrected chi connectivity index (χ4v) is 2.61. The first kappa shape index (κ1) is 13.6. The number of hydrogen-bond acceptors (Lipinski definition) is 3. The number of nitrogens with zero attached hydrogens (tertiary/aromatic N) is 1. The van der Waals surface area contributed by atoms with E-state index in [4.69, 9.17) is 0 Å². The number of nitrogens with one attached hydrogen (secondary N) is 1. The predicted octanol–water partition coefficient (Wildman–Crippen LogP) is 4.08. The zero-order chi connectivity index (χ0) is 14.2. The normalized spacial score (nSPS) is 15.6. The number of rotatable bonds is 4. The van der Waals surface area contributed by atoms with Crippen LogP contribution in [-0.4, -0.2) is 10.4 Å². The lowest BCUT2D eigenvalue weighted by molar-refractivity contribution is -0.137. The van der Waals surface area contributed by atoms with Crippen molar-refractivity contribution < 1.29 is 13.2 Å². The lowest BCUT2D eigenvalue weighted by Crippen LogP contribution is -2.14. The van der Waals surface area contributed by atoms with Gasteiger partial charge in [0.1, 0.15) is 0 Å². The van der Waals surface area contributed by atoms with Crippen LogP contribution in [0.15, 0.2) is 30.3 Å². The highest BCUT2D eigenvalue weighted by atomic mass is 32.1. The fourth-order valence-electron chi connectivity index (χ4n) is 1.92. The van der Waals surface area contributed by atoms with Gasteiger partial charge in [-0.25, -0.2) is 0 Å². The van der Waals surface area contributed by atoms with E-state index in [9.17, 15) is 13.2 Å². The molecule has 1 N–H and O–H groups in total. The molecular weight excluding hydrogens is 285 g/mol. The quantitative estimate of drug-likeness (QED) is 0.920. The molecule has 1 aromatic carbocycles. The maximum Gasteiger partial charge on any atom is 0.416 e. The number of halogens is 3. The topological polar surface area (TPSA) is 24.9 Å². The van der Waals surface area contributed by atoms with Gasteiger partial charge in [-0.3, -0.25) is 0 Å². The summed E-state index contributed by atoms with van der Waals surface area (Å²) in [4.78, 5) is 1.05. The van der Waals surface area contributed by atoms with Crippen LogP contribution in [0.4, 0.5) is 13.2 Å². The van der Waals surface area contributed by atoms with Crippen molar-refractivity contribution in [3.63, 3.8) is 0 Å². The van der Waals surface area contributed by atoms with E-state index in [0.717, 1.165) is 23.6 Å². The van der Waals surface area contributed by atoms with Gasteiger partial charge in [-0.1, -0.05) is 12.1 Å². The van der Waals surface area contributed by atoms with E-state index >= 15 is 0 Å². The van der Waals surface area contributed by atoms with Crippen molar-refractivity contribution in [3.05, 3.63) is 40.8 Å². The van der Waals surface area contributed by atoms with Crippen LogP contribution in [0.1, 0.15) is 23.3 Å². The molecule has 0 amide bonds. The number of aromatic nitrogens is 1. The fraction of sp³-hybridized carbons (Fsp3) is 0.357.